The number of carboxylic acids is 1. The Kier molecular flexibility index (Phi) is 5.06. The lowest BCUT2D eigenvalue weighted by Gasteiger charge is -2.15. The number of pyridine rings is 1. The molecule has 0 aliphatic heterocycles. The molecule has 0 bridgehead atoms. The second kappa shape index (κ2) is 6.12. The molecular weight excluding hydrogens is 280 g/mol. The zero-order valence-corrected chi connectivity index (χ0v) is 11.2. The number of sulfonamides is 1. The lowest BCUT2D eigenvalue weighted by atomic mass is 10.2. The molecule has 1 unspecified atom stereocenters. The van der Waals surface area contributed by atoms with Crippen LogP contribution in [-0.4, -0.2) is 30.5 Å². The molecule has 0 aromatic carbocycles. The molecule has 0 saturated heterocycles. The van der Waals surface area contributed by atoms with E-state index in [-0.39, 0.29) is 16.5 Å². The highest BCUT2D eigenvalue weighted by Gasteiger charge is 2.23. The van der Waals surface area contributed by atoms with Gasteiger partial charge in [-0.1, -0.05) is 18.5 Å². The van der Waals surface area contributed by atoms with Crippen molar-refractivity contribution in [3.8, 4) is 0 Å². The molecular formula is C10H13ClN2O4S. The third-order valence-corrected chi connectivity index (χ3v) is 4.22. The SMILES string of the molecule is CCC(CC(=O)O)NS(=O)(=O)c1cccnc1Cl. The molecule has 0 radical (unpaired) electrons. The van der Waals surface area contributed by atoms with Gasteiger partial charge in [0.25, 0.3) is 0 Å². The summed E-state index contributed by atoms with van der Waals surface area (Å²) in [5.74, 6) is -1.07. The van der Waals surface area contributed by atoms with Crippen LogP contribution in [0.25, 0.3) is 0 Å². The van der Waals surface area contributed by atoms with Crippen molar-refractivity contribution in [1.29, 1.82) is 0 Å². The van der Waals surface area contributed by atoms with E-state index in [1.807, 2.05) is 0 Å². The summed E-state index contributed by atoms with van der Waals surface area (Å²) in [6.07, 6.45) is 1.45. The minimum Gasteiger partial charge on any atom is -0.481 e. The number of nitrogens with zero attached hydrogens (tertiary/aromatic N) is 1. The molecule has 0 amide bonds. The molecule has 2 N–H and O–H groups in total. The van der Waals surface area contributed by atoms with E-state index in [0.29, 0.717) is 6.42 Å². The van der Waals surface area contributed by atoms with Crippen molar-refractivity contribution < 1.29 is 18.3 Å². The Morgan fingerprint density at radius 1 is 1.61 bits per heavy atom. The monoisotopic (exact) mass is 292 g/mol. The maximum atomic E-state index is 12.0. The van der Waals surface area contributed by atoms with Crippen molar-refractivity contribution in [2.75, 3.05) is 0 Å². The van der Waals surface area contributed by atoms with Gasteiger partial charge in [-0.15, -0.1) is 0 Å². The van der Waals surface area contributed by atoms with E-state index in [0.717, 1.165) is 0 Å². The highest BCUT2D eigenvalue weighted by Crippen LogP contribution is 2.18. The lowest BCUT2D eigenvalue weighted by Crippen LogP contribution is -2.36. The van der Waals surface area contributed by atoms with Crippen molar-refractivity contribution in [3.63, 3.8) is 0 Å². The van der Waals surface area contributed by atoms with E-state index < -0.39 is 22.0 Å². The topological polar surface area (TPSA) is 96.4 Å². The summed E-state index contributed by atoms with van der Waals surface area (Å²) >= 11 is 5.69. The van der Waals surface area contributed by atoms with E-state index in [9.17, 15) is 13.2 Å². The minimum absolute atomic E-state index is 0.143. The largest absolute Gasteiger partial charge is 0.481 e. The predicted octanol–water partition coefficient (Wildman–Crippen LogP) is 1.27. The standard InChI is InChI=1S/C10H13ClN2O4S/c1-2-7(6-9(14)15)13-18(16,17)8-4-3-5-12-10(8)11/h3-5,7,13H,2,6H2,1H3,(H,14,15). The molecule has 0 aliphatic carbocycles. The van der Waals surface area contributed by atoms with Gasteiger partial charge < -0.3 is 5.11 Å². The Labute approximate surface area is 110 Å². The molecule has 0 spiro atoms. The van der Waals surface area contributed by atoms with Crippen LogP contribution in [0.2, 0.25) is 5.15 Å². The van der Waals surface area contributed by atoms with Gasteiger partial charge in [0.2, 0.25) is 10.0 Å². The normalized spacial score (nSPS) is 13.2. The number of hydrogen-bond donors (Lipinski definition) is 2. The second-order valence-corrected chi connectivity index (χ2v) is 5.66. The van der Waals surface area contributed by atoms with Gasteiger partial charge in [-0.3, -0.25) is 4.79 Å². The zero-order valence-electron chi connectivity index (χ0n) is 9.63. The van der Waals surface area contributed by atoms with Gasteiger partial charge in [-0.25, -0.2) is 18.1 Å². The van der Waals surface area contributed by atoms with Crippen molar-refractivity contribution in [2.24, 2.45) is 0 Å². The molecule has 0 saturated carbocycles. The van der Waals surface area contributed by atoms with Gasteiger partial charge in [0.1, 0.15) is 10.0 Å². The number of halogens is 1. The van der Waals surface area contributed by atoms with Crippen molar-refractivity contribution in [3.05, 3.63) is 23.5 Å². The zero-order chi connectivity index (χ0) is 13.8. The summed E-state index contributed by atoms with van der Waals surface area (Å²) in [5.41, 5.74) is 0. The maximum absolute atomic E-state index is 12.0. The number of carbonyl (C=O) groups is 1. The van der Waals surface area contributed by atoms with E-state index >= 15 is 0 Å². The average molecular weight is 293 g/mol. The first-order valence-corrected chi connectivity index (χ1v) is 7.07. The predicted molar refractivity (Wildman–Crippen MR) is 65.9 cm³/mol. The van der Waals surface area contributed by atoms with Gasteiger partial charge in [0, 0.05) is 12.2 Å². The summed E-state index contributed by atoms with van der Waals surface area (Å²) in [5, 5.41) is 8.52. The lowest BCUT2D eigenvalue weighted by molar-refractivity contribution is -0.137. The quantitative estimate of drug-likeness (QED) is 0.770. The smallest absolute Gasteiger partial charge is 0.304 e. The van der Waals surface area contributed by atoms with Crippen LogP contribution in [-0.2, 0) is 14.8 Å². The summed E-state index contributed by atoms with van der Waals surface area (Å²) in [7, 11) is -3.86. The van der Waals surface area contributed by atoms with Crippen LogP contribution in [0.5, 0.6) is 0 Å². The van der Waals surface area contributed by atoms with Crippen LogP contribution in [0.4, 0.5) is 0 Å². The Balaban J connectivity index is 2.94. The average Bonchev–Trinajstić information content (AvgIpc) is 2.27. The summed E-state index contributed by atoms with van der Waals surface area (Å²) < 4.78 is 26.2. The molecule has 1 aromatic rings. The van der Waals surface area contributed by atoms with E-state index in [1.165, 1.54) is 18.3 Å². The second-order valence-electron chi connectivity index (χ2n) is 3.62. The fourth-order valence-corrected chi connectivity index (χ4v) is 3.11. The van der Waals surface area contributed by atoms with Crippen molar-refractivity contribution >= 4 is 27.6 Å². The highest BCUT2D eigenvalue weighted by molar-refractivity contribution is 7.89. The number of aliphatic carboxylic acids is 1. The molecule has 18 heavy (non-hydrogen) atoms. The highest BCUT2D eigenvalue weighted by atomic mass is 35.5. The van der Waals surface area contributed by atoms with E-state index in [1.54, 1.807) is 6.92 Å². The number of carboxylic acid groups (broad SMARTS) is 1. The van der Waals surface area contributed by atoms with Crippen LogP contribution in [0, 0.1) is 0 Å². The minimum atomic E-state index is -3.86. The summed E-state index contributed by atoms with van der Waals surface area (Å²) in [4.78, 5) is 14.1. The molecule has 1 heterocycles. The van der Waals surface area contributed by atoms with Crippen molar-refractivity contribution in [2.45, 2.75) is 30.7 Å². The van der Waals surface area contributed by atoms with E-state index in [2.05, 4.69) is 9.71 Å². The first kappa shape index (κ1) is 14.9. The fourth-order valence-electron chi connectivity index (χ4n) is 1.33. The Bertz CT molecular complexity index is 532. The van der Waals surface area contributed by atoms with E-state index in [4.69, 9.17) is 16.7 Å². The molecule has 0 fully saturated rings. The molecule has 1 rings (SSSR count). The molecule has 1 atom stereocenters. The first-order valence-electron chi connectivity index (χ1n) is 5.21. The Morgan fingerprint density at radius 3 is 2.78 bits per heavy atom. The molecule has 0 aliphatic rings. The van der Waals surface area contributed by atoms with Crippen LogP contribution < -0.4 is 4.72 Å². The van der Waals surface area contributed by atoms with Crippen LogP contribution >= 0.6 is 11.6 Å². The Morgan fingerprint density at radius 2 is 2.28 bits per heavy atom. The van der Waals surface area contributed by atoms with Gasteiger partial charge >= 0.3 is 5.97 Å². The van der Waals surface area contributed by atoms with Gasteiger partial charge in [0.05, 0.1) is 6.42 Å². The fraction of sp³-hybridized carbons (Fsp3) is 0.400. The van der Waals surface area contributed by atoms with Gasteiger partial charge in [-0.05, 0) is 18.6 Å². The van der Waals surface area contributed by atoms with Crippen LogP contribution in [0.3, 0.4) is 0 Å². The maximum Gasteiger partial charge on any atom is 0.304 e. The number of rotatable bonds is 6. The van der Waals surface area contributed by atoms with Gasteiger partial charge in [-0.2, -0.15) is 0 Å². The molecule has 8 heteroatoms. The van der Waals surface area contributed by atoms with Crippen LogP contribution in [0.1, 0.15) is 19.8 Å². The van der Waals surface area contributed by atoms with Crippen molar-refractivity contribution in [1.82, 2.24) is 9.71 Å². The third-order valence-electron chi connectivity index (χ3n) is 2.25. The molecule has 1 aromatic heterocycles. The molecule has 100 valence electrons. The first-order chi connectivity index (χ1) is 8.36. The summed E-state index contributed by atoms with van der Waals surface area (Å²) in [6.45, 7) is 1.70. The summed E-state index contributed by atoms with van der Waals surface area (Å²) in [6, 6.07) is 2.08. The number of aromatic nitrogens is 1. The van der Waals surface area contributed by atoms with Gasteiger partial charge in [0.15, 0.2) is 0 Å². The third kappa shape index (κ3) is 3.94. The Hall–Kier alpha value is -1.18. The number of hydrogen-bond acceptors (Lipinski definition) is 4. The number of nitrogens with one attached hydrogen (secondary N) is 1. The molecule has 6 nitrogen and oxygen atoms in total. The van der Waals surface area contributed by atoms with Crippen LogP contribution in [0.15, 0.2) is 23.2 Å².